The number of hydrogen-bond donors (Lipinski definition) is 1. The molecule has 2 rings (SSSR count). The lowest BCUT2D eigenvalue weighted by Crippen LogP contribution is -2.35. The minimum Gasteiger partial charge on any atom is -0.339 e. The fourth-order valence-electron chi connectivity index (χ4n) is 2.07. The van der Waals surface area contributed by atoms with Crippen LogP contribution in [0.5, 0.6) is 0 Å². The molecule has 1 heterocycles. The van der Waals surface area contributed by atoms with E-state index < -0.39 is 10.7 Å². The molecule has 6 heteroatoms. The van der Waals surface area contributed by atoms with Gasteiger partial charge in [-0.1, -0.05) is 11.6 Å². The Bertz CT molecular complexity index is 528. The molecule has 0 atom stereocenters. The lowest BCUT2D eigenvalue weighted by Gasteiger charge is -2.26. The number of halogens is 1. The average Bonchev–Trinajstić information content (AvgIpc) is 2.39. The van der Waals surface area contributed by atoms with Crippen LogP contribution in [0.25, 0.3) is 0 Å². The molecule has 0 unspecified atom stereocenters. The van der Waals surface area contributed by atoms with Gasteiger partial charge in [-0.05, 0) is 37.5 Å². The molecule has 0 aliphatic carbocycles. The monoisotopic (exact) mass is 287 g/mol. The van der Waals surface area contributed by atoms with Gasteiger partial charge in [0.2, 0.25) is 0 Å². The molecule has 1 aromatic rings. The van der Waals surface area contributed by atoms with E-state index in [1.54, 1.807) is 11.0 Å². The highest BCUT2D eigenvalue weighted by atomic mass is 35.5. The van der Waals surface area contributed by atoms with E-state index in [4.69, 9.17) is 11.6 Å². The third-order valence-electron chi connectivity index (χ3n) is 3.03. The number of amides is 1. The summed E-state index contributed by atoms with van der Waals surface area (Å²) in [5, 5.41) is 0.154. The summed E-state index contributed by atoms with van der Waals surface area (Å²) >= 11 is 5.77. The van der Waals surface area contributed by atoms with Crippen molar-refractivity contribution in [2.45, 2.75) is 24.2 Å². The smallest absolute Gasteiger partial charge is 0.253 e. The summed E-state index contributed by atoms with van der Waals surface area (Å²) in [5.41, 5.74) is 0.385. The Morgan fingerprint density at radius 3 is 2.44 bits per heavy atom. The molecule has 1 amide bonds. The van der Waals surface area contributed by atoms with E-state index in [1.807, 2.05) is 0 Å². The van der Waals surface area contributed by atoms with Crippen LogP contribution in [0.4, 0.5) is 0 Å². The van der Waals surface area contributed by atoms with Gasteiger partial charge < -0.3 is 4.90 Å². The van der Waals surface area contributed by atoms with E-state index in [0.29, 0.717) is 5.56 Å². The molecule has 0 bridgehead atoms. The summed E-state index contributed by atoms with van der Waals surface area (Å²) in [6.45, 7) is 1.47. The van der Waals surface area contributed by atoms with Gasteiger partial charge in [-0.15, -0.1) is 0 Å². The summed E-state index contributed by atoms with van der Waals surface area (Å²) in [6, 6.07) is 4.38. The molecule has 0 spiro atoms. The van der Waals surface area contributed by atoms with Gasteiger partial charge in [-0.2, -0.15) is 0 Å². The summed E-state index contributed by atoms with van der Waals surface area (Å²) in [6.07, 6.45) is 3.14. The van der Waals surface area contributed by atoms with Crippen LogP contribution in [0.3, 0.4) is 0 Å². The second-order valence-corrected chi connectivity index (χ2v) is 5.68. The third-order valence-corrected chi connectivity index (χ3v) is 4.26. The standard InChI is InChI=1S/C12H14ClNO3S/c13-10-5-4-9(8-11(10)18(16)17)12(15)14-6-2-1-3-7-14/h4-5,8,18H,1-3,6-7H2. The highest BCUT2D eigenvalue weighted by Crippen LogP contribution is 2.21. The molecule has 1 aliphatic rings. The Morgan fingerprint density at radius 2 is 1.83 bits per heavy atom. The predicted octanol–water partition coefficient (Wildman–Crippen LogP) is 1.94. The molecular weight excluding hydrogens is 274 g/mol. The van der Waals surface area contributed by atoms with Crippen LogP contribution < -0.4 is 0 Å². The van der Waals surface area contributed by atoms with Crippen molar-refractivity contribution in [2.24, 2.45) is 0 Å². The van der Waals surface area contributed by atoms with Crippen LogP contribution in [0.1, 0.15) is 29.6 Å². The number of thiol groups is 1. The van der Waals surface area contributed by atoms with Crippen molar-refractivity contribution < 1.29 is 13.2 Å². The minimum atomic E-state index is -2.78. The fraction of sp³-hybridized carbons (Fsp3) is 0.417. The quantitative estimate of drug-likeness (QED) is 0.846. The molecule has 1 saturated heterocycles. The maximum absolute atomic E-state index is 12.2. The zero-order valence-corrected chi connectivity index (χ0v) is 11.4. The summed E-state index contributed by atoms with van der Waals surface area (Å²) in [5.74, 6) is -0.121. The van der Waals surface area contributed by atoms with E-state index in [0.717, 1.165) is 32.4 Å². The number of nitrogens with zero attached hydrogens (tertiary/aromatic N) is 1. The topological polar surface area (TPSA) is 54.5 Å². The first-order valence-corrected chi connectivity index (χ1v) is 7.38. The minimum absolute atomic E-state index is 0.00882. The van der Waals surface area contributed by atoms with E-state index in [-0.39, 0.29) is 15.8 Å². The van der Waals surface area contributed by atoms with E-state index in [1.165, 1.54) is 12.1 Å². The van der Waals surface area contributed by atoms with Gasteiger partial charge in [0.05, 0.1) is 9.92 Å². The first kappa shape index (κ1) is 13.4. The molecule has 0 radical (unpaired) electrons. The van der Waals surface area contributed by atoms with Crippen LogP contribution in [0.15, 0.2) is 23.1 Å². The molecule has 1 aromatic carbocycles. The van der Waals surface area contributed by atoms with E-state index >= 15 is 0 Å². The normalized spacial score (nSPS) is 16.0. The fourth-order valence-corrected chi connectivity index (χ4v) is 2.88. The highest BCUT2D eigenvalue weighted by Gasteiger charge is 2.19. The molecule has 4 nitrogen and oxygen atoms in total. The zero-order valence-electron chi connectivity index (χ0n) is 9.76. The maximum Gasteiger partial charge on any atom is 0.253 e. The van der Waals surface area contributed by atoms with Gasteiger partial charge in [0.25, 0.3) is 5.91 Å². The number of carbonyl (C=O) groups excluding carboxylic acids is 1. The SMILES string of the molecule is O=C(c1ccc(Cl)c([SH](=O)=O)c1)N1CCCCC1. The number of carbonyl (C=O) groups is 1. The van der Waals surface area contributed by atoms with Crippen molar-refractivity contribution in [3.8, 4) is 0 Å². The Hall–Kier alpha value is -1.07. The number of piperidine rings is 1. The Morgan fingerprint density at radius 1 is 1.17 bits per heavy atom. The second-order valence-electron chi connectivity index (χ2n) is 4.28. The lowest BCUT2D eigenvalue weighted by atomic mass is 10.1. The van der Waals surface area contributed by atoms with Gasteiger partial charge in [0, 0.05) is 18.7 Å². The first-order valence-electron chi connectivity index (χ1n) is 5.83. The van der Waals surface area contributed by atoms with E-state index in [9.17, 15) is 13.2 Å². The highest BCUT2D eigenvalue weighted by molar-refractivity contribution is 7.72. The van der Waals surface area contributed by atoms with Gasteiger partial charge in [0.15, 0.2) is 10.7 Å². The maximum atomic E-state index is 12.2. The molecule has 1 aliphatic heterocycles. The number of rotatable bonds is 2. The van der Waals surface area contributed by atoms with Crippen molar-refractivity contribution in [1.29, 1.82) is 0 Å². The van der Waals surface area contributed by atoms with E-state index in [2.05, 4.69) is 0 Å². The van der Waals surface area contributed by atoms with Gasteiger partial charge >= 0.3 is 0 Å². The largest absolute Gasteiger partial charge is 0.339 e. The number of benzene rings is 1. The van der Waals surface area contributed by atoms with Crippen molar-refractivity contribution in [3.05, 3.63) is 28.8 Å². The summed E-state index contributed by atoms with van der Waals surface area (Å²) < 4.78 is 22.0. The van der Waals surface area contributed by atoms with Crippen molar-refractivity contribution >= 4 is 28.2 Å². The van der Waals surface area contributed by atoms with Crippen molar-refractivity contribution in [3.63, 3.8) is 0 Å². The van der Waals surface area contributed by atoms with Crippen LogP contribution >= 0.6 is 11.6 Å². The summed E-state index contributed by atoms with van der Waals surface area (Å²) in [7, 11) is -2.78. The van der Waals surface area contributed by atoms with Crippen molar-refractivity contribution in [1.82, 2.24) is 4.90 Å². The van der Waals surface area contributed by atoms with Gasteiger partial charge in [0.1, 0.15) is 0 Å². The van der Waals surface area contributed by atoms with Crippen LogP contribution in [-0.2, 0) is 10.7 Å². The van der Waals surface area contributed by atoms with Gasteiger partial charge in [-0.25, -0.2) is 8.42 Å². The van der Waals surface area contributed by atoms with Crippen LogP contribution in [0, 0.1) is 0 Å². The zero-order chi connectivity index (χ0) is 13.1. The molecule has 1 fully saturated rings. The Labute approximate surface area is 112 Å². The number of hydrogen-bond acceptors (Lipinski definition) is 3. The molecule has 18 heavy (non-hydrogen) atoms. The molecule has 0 saturated carbocycles. The van der Waals surface area contributed by atoms with Crippen LogP contribution in [0.2, 0.25) is 5.02 Å². The molecule has 98 valence electrons. The van der Waals surface area contributed by atoms with Gasteiger partial charge in [-0.3, -0.25) is 4.79 Å². The number of likely N-dealkylation sites (tertiary alicyclic amines) is 1. The van der Waals surface area contributed by atoms with Crippen molar-refractivity contribution in [2.75, 3.05) is 13.1 Å². The summed E-state index contributed by atoms with van der Waals surface area (Å²) in [4.78, 5) is 13.9. The molecule has 0 aromatic heterocycles. The predicted molar refractivity (Wildman–Crippen MR) is 69.8 cm³/mol. The molecule has 0 N–H and O–H groups in total. The first-order chi connectivity index (χ1) is 8.59. The van der Waals surface area contributed by atoms with Crippen LogP contribution in [-0.4, -0.2) is 32.3 Å². The second kappa shape index (κ2) is 5.71. The average molecular weight is 288 g/mol. The Balaban J connectivity index is 2.27. The molecular formula is C12H14ClNO3S. The third kappa shape index (κ3) is 2.84. The lowest BCUT2D eigenvalue weighted by molar-refractivity contribution is 0.0724. The Kier molecular flexibility index (Phi) is 4.24.